The van der Waals surface area contributed by atoms with Gasteiger partial charge in [0.15, 0.2) is 5.78 Å². The van der Waals surface area contributed by atoms with Crippen LogP contribution in [0.2, 0.25) is 0 Å². The number of nitrogens with zero attached hydrogens (tertiary/aromatic N) is 1. The number of aromatic hydroxyl groups is 1. The van der Waals surface area contributed by atoms with Gasteiger partial charge in [0.1, 0.15) is 5.75 Å². The van der Waals surface area contributed by atoms with Crippen molar-refractivity contribution >= 4 is 32.6 Å². The molecule has 2 aromatic carbocycles. The van der Waals surface area contributed by atoms with Crippen molar-refractivity contribution < 1.29 is 14.6 Å². The molecule has 3 aromatic rings. The molecule has 5 rings (SSSR count). The van der Waals surface area contributed by atoms with Crippen molar-refractivity contribution in [2.75, 3.05) is 13.2 Å². The molecule has 1 fully saturated rings. The molecule has 5 nitrogen and oxygen atoms in total. The number of fused-ring (bicyclic) bond motifs is 6. The smallest absolute Gasteiger partial charge is 0.195 e. The number of hydrogen-bond acceptors (Lipinski definition) is 4. The number of hydrogen-bond donors (Lipinski definition) is 2. The van der Waals surface area contributed by atoms with E-state index in [1.165, 1.54) is 0 Å². The van der Waals surface area contributed by atoms with E-state index in [1.54, 1.807) is 24.3 Å². The van der Waals surface area contributed by atoms with Gasteiger partial charge in [0, 0.05) is 40.8 Å². The Morgan fingerprint density at radius 1 is 1.22 bits per heavy atom. The lowest BCUT2D eigenvalue weighted by atomic mass is 9.64. The maximum absolute atomic E-state index is 13.4. The van der Waals surface area contributed by atoms with Crippen molar-refractivity contribution in [3.8, 4) is 11.8 Å². The van der Waals surface area contributed by atoms with Crippen LogP contribution >= 0.6 is 15.9 Å². The number of aromatic nitrogens is 1. The van der Waals surface area contributed by atoms with E-state index in [2.05, 4.69) is 27.0 Å². The van der Waals surface area contributed by atoms with Crippen molar-refractivity contribution in [3.05, 3.63) is 62.8 Å². The van der Waals surface area contributed by atoms with Gasteiger partial charge in [-0.2, -0.15) is 5.26 Å². The van der Waals surface area contributed by atoms with Gasteiger partial charge in [-0.15, -0.1) is 0 Å². The molecule has 2 heterocycles. The normalized spacial score (nSPS) is 17.6. The van der Waals surface area contributed by atoms with Crippen LogP contribution in [0.1, 0.15) is 45.6 Å². The summed E-state index contributed by atoms with van der Waals surface area (Å²) in [5, 5.41) is 20.3. The molecule has 27 heavy (non-hydrogen) atoms. The highest BCUT2D eigenvalue weighted by atomic mass is 79.9. The fourth-order valence-electron chi connectivity index (χ4n) is 4.52. The minimum atomic E-state index is -0.416. The van der Waals surface area contributed by atoms with Crippen LogP contribution in [0, 0.1) is 11.3 Å². The number of ketones is 1. The van der Waals surface area contributed by atoms with Crippen LogP contribution in [0.4, 0.5) is 0 Å². The van der Waals surface area contributed by atoms with Crippen molar-refractivity contribution in [3.63, 3.8) is 0 Å². The maximum atomic E-state index is 13.4. The minimum absolute atomic E-state index is 0.0613. The Kier molecular flexibility index (Phi) is 3.48. The van der Waals surface area contributed by atoms with E-state index in [-0.39, 0.29) is 11.5 Å². The zero-order valence-corrected chi connectivity index (χ0v) is 15.9. The van der Waals surface area contributed by atoms with E-state index in [0.29, 0.717) is 34.4 Å². The van der Waals surface area contributed by atoms with Crippen LogP contribution in [0.25, 0.3) is 10.9 Å². The first-order chi connectivity index (χ1) is 13.0. The van der Waals surface area contributed by atoms with Gasteiger partial charge < -0.3 is 14.8 Å². The molecular weight excluding hydrogens is 408 g/mol. The number of aromatic amines is 1. The maximum Gasteiger partial charge on any atom is 0.195 e. The predicted octanol–water partition coefficient (Wildman–Crippen LogP) is 4.15. The summed E-state index contributed by atoms with van der Waals surface area (Å²) in [5.74, 6) is 0.0625. The van der Waals surface area contributed by atoms with E-state index in [9.17, 15) is 15.2 Å². The number of phenolic OH excluding ortho intramolecular Hbond substituents is 1. The zero-order valence-electron chi connectivity index (χ0n) is 14.3. The van der Waals surface area contributed by atoms with Gasteiger partial charge in [-0.05, 0) is 58.6 Å². The lowest BCUT2D eigenvalue weighted by molar-refractivity contribution is 0.0601. The summed E-state index contributed by atoms with van der Waals surface area (Å²) < 4.78 is 6.11. The second-order valence-electron chi connectivity index (χ2n) is 7.12. The first-order valence-corrected chi connectivity index (χ1v) is 9.56. The van der Waals surface area contributed by atoms with Crippen LogP contribution in [-0.2, 0) is 10.2 Å². The molecule has 0 amide bonds. The van der Waals surface area contributed by atoms with E-state index in [4.69, 9.17) is 4.74 Å². The van der Waals surface area contributed by atoms with Gasteiger partial charge in [-0.1, -0.05) is 6.07 Å². The van der Waals surface area contributed by atoms with Crippen molar-refractivity contribution in [2.45, 2.75) is 18.3 Å². The van der Waals surface area contributed by atoms with Gasteiger partial charge >= 0.3 is 0 Å². The molecule has 1 aliphatic heterocycles. The second-order valence-corrected chi connectivity index (χ2v) is 7.97. The topological polar surface area (TPSA) is 86.1 Å². The van der Waals surface area contributed by atoms with Crippen molar-refractivity contribution in [1.29, 1.82) is 5.26 Å². The van der Waals surface area contributed by atoms with Crippen LogP contribution in [0.15, 0.2) is 34.8 Å². The molecule has 0 radical (unpaired) electrons. The summed E-state index contributed by atoms with van der Waals surface area (Å²) in [7, 11) is 0. The fraction of sp³-hybridized carbons (Fsp3) is 0.238. The summed E-state index contributed by atoms with van der Waals surface area (Å²) in [6.07, 6.45) is 1.44. The molecule has 6 heteroatoms. The Hall–Kier alpha value is -2.62. The Morgan fingerprint density at radius 3 is 2.74 bits per heavy atom. The zero-order chi connectivity index (χ0) is 18.8. The molecule has 2 N–H and O–H groups in total. The number of carbonyl (C=O) groups excluding carboxylic acids is 1. The van der Waals surface area contributed by atoms with E-state index in [1.807, 2.05) is 6.07 Å². The number of rotatable bonds is 0. The van der Waals surface area contributed by atoms with Crippen LogP contribution in [-0.4, -0.2) is 29.1 Å². The van der Waals surface area contributed by atoms with Gasteiger partial charge in [-0.25, -0.2) is 0 Å². The average Bonchev–Trinajstić information content (AvgIpc) is 3.08. The summed E-state index contributed by atoms with van der Waals surface area (Å²) in [5.41, 5.74) is 3.91. The number of carbonyl (C=O) groups is 1. The number of nitriles is 1. The molecule has 134 valence electrons. The lowest BCUT2D eigenvalue weighted by Crippen LogP contribution is -2.40. The first kappa shape index (κ1) is 16.5. The molecule has 1 spiro atoms. The monoisotopic (exact) mass is 422 g/mol. The van der Waals surface area contributed by atoms with Gasteiger partial charge in [0.2, 0.25) is 0 Å². The Morgan fingerprint density at radius 2 is 2.00 bits per heavy atom. The molecule has 2 aliphatic rings. The lowest BCUT2D eigenvalue weighted by Gasteiger charge is -2.41. The Labute approximate surface area is 163 Å². The molecule has 0 atom stereocenters. The van der Waals surface area contributed by atoms with Gasteiger partial charge in [-0.3, -0.25) is 4.79 Å². The largest absolute Gasteiger partial charge is 0.507 e. The average molecular weight is 423 g/mol. The summed E-state index contributed by atoms with van der Waals surface area (Å²) >= 11 is 3.34. The number of ether oxygens (including phenoxy) is 1. The van der Waals surface area contributed by atoms with E-state index < -0.39 is 5.41 Å². The second kappa shape index (κ2) is 5.69. The van der Waals surface area contributed by atoms with E-state index >= 15 is 0 Å². The predicted molar refractivity (Wildman–Crippen MR) is 103 cm³/mol. The number of benzene rings is 2. The summed E-state index contributed by atoms with van der Waals surface area (Å²) in [4.78, 5) is 16.8. The number of phenols is 1. The highest BCUT2D eigenvalue weighted by Crippen LogP contribution is 2.51. The molecule has 1 aliphatic carbocycles. The molecule has 0 saturated carbocycles. The minimum Gasteiger partial charge on any atom is -0.507 e. The van der Waals surface area contributed by atoms with Crippen molar-refractivity contribution in [1.82, 2.24) is 4.98 Å². The molecule has 0 unspecified atom stereocenters. The highest BCUT2D eigenvalue weighted by Gasteiger charge is 2.47. The van der Waals surface area contributed by atoms with Gasteiger partial charge in [0.25, 0.3) is 0 Å². The standard InChI is InChI=1S/C21H15BrN2O3/c22-15-8-13-14(9-17(15)25)21(3-5-27-6-4-21)20-18(19(13)26)12-2-1-11(10-23)7-16(12)24-20/h1-2,7-9,24-25H,3-6H2. The van der Waals surface area contributed by atoms with E-state index in [0.717, 1.165) is 35.0 Å². The van der Waals surface area contributed by atoms with Crippen molar-refractivity contribution in [2.24, 2.45) is 0 Å². The fourth-order valence-corrected chi connectivity index (χ4v) is 4.86. The van der Waals surface area contributed by atoms with Gasteiger partial charge in [0.05, 0.1) is 21.7 Å². The number of H-pyrrole nitrogens is 1. The quantitative estimate of drug-likeness (QED) is 0.569. The Bertz CT molecular complexity index is 1170. The Balaban J connectivity index is 1.88. The third-order valence-electron chi connectivity index (χ3n) is 5.83. The SMILES string of the molecule is N#Cc1ccc2c3c([nH]c2c1)C1(CCOCC1)c1cc(O)c(Br)cc1C3=O. The molecule has 1 saturated heterocycles. The number of halogens is 1. The third-order valence-corrected chi connectivity index (χ3v) is 6.46. The molecular formula is C21H15BrN2O3. The van der Waals surface area contributed by atoms with Crippen LogP contribution < -0.4 is 0 Å². The summed E-state index contributed by atoms with van der Waals surface area (Å²) in [6, 6.07) is 10.9. The van der Waals surface area contributed by atoms with Crippen LogP contribution in [0.5, 0.6) is 5.75 Å². The van der Waals surface area contributed by atoms with Crippen LogP contribution in [0.3, 0.4) is 0 Å². The molecule has 0 bridgehead atoms. The summed E-state index contributed by atoms with van der Waals surface area (Å²) in [6.45, 7) is 1.17. The third kappa shape index (κ3) is 2.16. The first-order valence-electron chi connectivity index (χ1n) is 8.77. The number of nitrogens with one attached hydrogen (secondary N) is 1. The highest BCUT2D eigenvalue weighted by molar-refractivity contribution is 9.10. The molecule has 1 aromatic heterocycles.